The molecular weight excluding hydrogens is 143 g/mol. The van der Waals surface area contributed by atoms with Gasteiger partial charge in [-0.1, -0.05) is 0 Å². The summed E-state index contributed by atoms with van der Waals surface area (Å²) in [7, 11) is -3.49. The van der Waals surface area contributed by atoms with E-state index in [1.54, 1.807) is 0 Å². The second-order valence-electron chi connectivity index (χ2n) is 1.52. The largest absolute Gasteiger partial charge is 0.326 e. The van der Waals surface area contributed by atoms with Gasteiger partial charge in [-0.05, 0) is 0 Å². The molecule has 1 unspecified atom stereocenters. The van der Waals surface area contributed by atoms with Crippen molar-refractivity contribution in [2.24, 2.45) is 0 Å². The van der Waals surface area contributed by atoms with Crippen molar-refractivity contribution in [2.75, 3.05) is 0 Å². The van der Waals surface area contributed by atoms with Crippen molar-refractivity contribution < 1.29 is 14.3 Å². The van der Waals surface area contributed by atoms with Crippen molar-refractivity contribution >= 4 is 13.6 Å². The Labute approximate surface area is 51.3 Å². The Bertz CT molecular complexity index is 211. The topological polar surface area (TPSA) is 78.4 Å². The summed E-state index contributed by atoms with van der Waals surface area (Å²) in [4.78, 5) is 18.9. The van der Waals surface area contributed by atoms with Crippen LogP contribution in [0.1, 0.15) is 0 Å². The van der Waals surface area contributed by atoms with Crippen LogP contribution in [0.3, 0.4) is 0 Å². The van der Waals surface area contributed by atoms with E-state index in [2.05, 4.69) is 5.32 Å². The Morgan fingerprint density at radius 2 is 2.33 bits per heavy atom. The van der Waals surface area contributed by atoms with Crippen LogP contribution in [0.25, 0.3) is 0 Å². The Morgan fingerprint density at radius 1 is 1.67 bits per heavy atom. The maximum absolute atomic E-state index is 10.5. The normalized spacial score (nSPS) is 33.2. The van der Waals surface area contributed by atoms with Gasteiger partial charge in [-0.25, -0.2) is 4.79 Å². The molecule has 0 saturated heterocycles. The van der Waals surface area contributed by atoms with Crippen molar-refractivity contribution in [2.45, 2.75) is 0 Å². The molecule has 5 nitrogen and oxygen atoms in total. The van der Waals surface area contributed by atoms with Crippen LogP contribution in [0.5, 0.6) is 0 Å². The summed E-state index contributed by atoms with van der Waals surface area (Å²) < 4.78 is 10.5. The zero-order valence-electron chi connectivity index (χ0n) is 4.37. The van der Waals surface area contributed by atoms with Gasteiger partial charge in [0, 0.05) is 12.0 Å². The number of urea groups is 1. The molecule has 0 spiro atoms. The highest BCUT2D eigenvalue weighted by molar-refractivity contribution is 7.60. The van der Waals surface area contributed by atoms with Gasteiger partial charge in [0.2, 0.25) is 0 Å². The average Bonchev–Trinajstić information content (AvgIpc) is 1.60. The van der Waals surface area contributed by atoms with Gasteiger partial charge in [-0.2, -0.15) is 0 Å². The van der Waals surface area contributed by atoms with Crippen molar-refractivity contribution in [1.82, 2.24) is 10.4 Å². The zero-order valence-corrected chi connectivity index (χ0v) is 5.26. The molecule has 50 valence electrons. The van der Waals surface area contributed by atoms with Gasteiger partial charge in [0.1, 0.15) is 0 Å². The van der Waals surface area contributed by atoms with Crippen LogP contribution >= 0.6 is 7.52 Å². The molecule has 2 amide bonds. The number of amides is 2. The summed E-state index contributed by atoms with van der Waals surface area (Å²) in [5.74, 6) is 1.01. The monoisotopic (exact) mass is 148 g/mol. The molecule has 0 fully saturated rings. The first-order chi connectivity index (χ1) is 4.10. The summed E-state index contributed by atoms with van der Waals surface area (Å²) in [6.07, 6.45) is 1.14. The lowest BCUT2D eigenvalue weighted by atomic mass is 10.9. The van der Waals surface area contributed by atoms with E-state index in [1.807, 2.05) is 5.09 Å². The van der Waals surface area contributed by atoms with E-state index in [-0.39, 0.29) is 0 Å². The smallest absolute Gasteiger partial charge is 0.326 e. The van der Waals surface area contributed by atoms with Crippen LogP contribution in [0.15, 0.2) is 12.0 Å². The lowest BCUT2D eigenvalue weighted by molar-refractivity contribution is 0.247. The zero-order chi connectivity index (χ0) is 6.91. The minimum atomic E-state index is -3.49. The van der Waals surface area contributed by atoms with Crippen LogP contribution in [-0.4, -0.2) is 10.9 Å². The minimum Gasteiger partial charge on any atom is -0.326 e. The van der Waals surface area contributed by atoms with E-state index in [0.717, 1.165) is 12.0 Å². The van der Waals surface area contributed by atoms with E-state index < -0.39 is 13.6 Å². The summed E-state index contributed by atoms with van der Waals surface area (Å²) in [6.45, 7) is 0. The molecule has 0 aromatic rings. The number of carbonyl (C=O) groups is 1. The highest BCUT2D eigenvalue weighted by Gasteiger charge is 2.19. The Morgan fingerprint density at radius 3 is 2.67 bits per heavy atom. The van der Waals surface area contributed by atoms with Gasteiger partial charge in [-0.15, -0.1) is 0 Å². The third kappa shape index (κ3) is 1.55. The van der Waals surface area contributed by atoms with Gasteiger partial charge >= 0.3 is 13.6 Å². The van der Waals surface area contributed by atoms with Gasteiger partial charge in [-0.3, -0.25) is 9.65 Å². The lowest BCUT2D eigenvalue weighted by Crippen LogP contribution is -2.32. The molecule has 0 aromatic heterocycles. The number of hydrogen-bond acceptors (Lipinski definition) is 2. The molecule has 9 heavy (non-hydrogen) atoms. The number of hydrogen-bond donors (Lipinski definition) is 3. The van der Waals surface area contributed by atoms with Crippen molar-refractivity contribution in [3.05, 3.63) is 12.0 Å². The van der Waals surface area contributed by atoms with E-state index in [0.29, 0.717) is 0 Å². The molecule has 1 aliphatic rings. The van der Waals surface area contributed by atoms with Crippen molar-refractivity contribution in [3.63, 3.8) is 0 Å². The fraction of sp³-hybridized carbons (Fsp3) is 0. The second-order valence-corrected chi connectivity index (χ2v) is 3.29. The molecule has 1 heterocycles. The number of nitrogens with one attached hydrogen (secondary N) is 2. The fourth-order valence-corrected chi connectivity index (χ4v) is 1.14. The summed E-state index contributed by atoms with van der Waals surface area (Å²) in [5, 5.41) is 4.00. The van der Waals surface area contributed by atoms with Gasteiger partial charge in [0.15, 0.2) is 0 Å². The van der Waals surface area contributed by atoms with E-state index >= 15 is 0 Å². The second kappa shape index (κ2) is 1.86. The van der Waals surface area contributed by atoms with Gasteiger partial charge in [0.05, 0.1) is 0 Å². The van der Waals surface area contributed by atoms with Crippen LogP contribution in [0, 0.1) is 0 Å². The van der Waals surface area contributed by atoms with E-state index in [9.17, 15) is 9.36 Å². The Kier molecular flexibility index (Phi) is 1.31. The molecule has 0 radical (unpaired) electrons. The molecule has 0 aliphatic carbocycles. The highest BCUT2D eigenvalue weighted by Crippen LogP contribution is 2.37. The van der Waals surface area contributed by atoms with Gasteiger partial charge < -0.3 is 10.2 Å². The summed E-state index contributed by atoms with van der Waals surface area (Å²) in [5.41, 5.74) is 0. The highest BCUT2D eigenvalue weighted by atomic mass is 31.2. The quantitative estimate of drug-likeness (QED) is 0.421. The van der Waals surface area contributed by atoms with Gasteiger partial charge in [0.25, 0.3) is 0 Å². The lowest BCUT2D eigenvalue weighted by Gasteiger charge is -2.12. The summed E-state index contributed by atoms with van der Waals surface area (Å²) >= 11 is 0. The van der Waals surface area contributed by atoms with Crippen LogP contribution in [0.4, 0.5) is 4.79 Å². The molecule has 1 atom stereocenters. The molecule has 0 saturated carbocycles. The molecular formula is C3H5N2O3P. The number of rotatable bonds is 0. The third-order valence-corrected chi connectivity index (χ3v) is 1.83. The fourth-order valence-electron chi connectivity index (χ4n) is 0.429. The predicted octanol–water partition coefficient (Wildman–Crippen LogP) is -0.0442. The molecule has 1 aliphatic heterocycles. The average molecular weight is 148 g/mol. The Hall–Kier alpha value is -0.800. The summed E-state index contributed by atoms with van der Waals surface area (Å²) in [6, 6.07) is -0.650. The first-order valence-corrected chi connectivity index (χ1v) is 3.92. The van der Waals surface area contributed by atoms with Crippen LogP contribution < -0.4 is 10.4 Å². The van der Waals surface area contributed by atoms with Crippen LogP contribution in [0.2, 0.25) is 0 Å². The Balaban J connectivity index is 2.84. The maximum atomic E-state index is 10.5. The number of carbonyl (C=O) groups excluding carboxylic acids is 1. The molecule has 0 bridgehead atoms. The first-order valence-electron chi connectivity index (χ1n) is 2.19. The minimum absolute atomic E-state index is 0.650. The SMILES string of the molecule is O=C1NC=CP(=O)(O)N1. The maximum Gasteiger partial charge on any atom is 0.326 e. The van der Waals surface area contributed by atoms with Crippen molar-refractivity contribution in [3.8, 4) is 0 Å². The van der Waals surface area contributed by atoms with E-state index in [4.69, 9.17) is 4.89 Å². The van der Waals surface area contributed by atoms with E-state index in [1.165, 1.54) is 0 Å². The molecule has 1 rings (SSSR count). The first kappa shape index (κ1) is 6.32. The predicted molar refractivity (Wildman–Crippen MR) is 30.6 cm³/mol. The van der Waals surface area contributed by atoms with Crippen LogP contribution in [-0.2, 0) is 4.57 Å². The third-order valence-electron chi connectivity index (χ3n) is 0.753. The molecule has 3 N–H and O–H groups in total. The van der Waals surface area contributed by atoms with Crippen molar-refractivity contribution in [1.29, 1.82) is 0 Å². The molecule has 6 heteroatoms. The standard InChI is InChI=1S/C3H5N2O3P/c6-3-4-1-2-9(7,8)5-3/h1-2H,(H3,4,5,6,7,8). The molecule has 0 aromatic carbocycles.